The second-order valence-electron chi connectivity index (χ2n) is 4.23. The number of rotatable bonds is 1. The van der Waals surface area contributed by atoms with Crippen molar-refractivity contribution in [2.24, 2.45) is 0 Å². The molecule has 0 N–H and O–H groups in total. The summed E-state index contributed by atoms with van der Waals surface area (Å²) in [5.41, 5.74) is 1.42. The van der Waals surface area contributed by atoms with Crippen LogP contribution in [0.5, 0.6) is 0 Å². The van der Waals surface area contributed by atoms with Gasteiger partial charge in [0.1, 0.15) is 5.82 Å². The summed E-state index contributed by atoms with van der Waals surface area (Å²) < 4.78 is 0. The van der Waals surface area contributed by atoms with Crippen molar-refractivity contribution in [2.75, 3.05) is 11.4 Å². The summed E-state index contributed by atoms with van der Waals surface area (Å²) in [4.78, 5) is 6.93. The first-order valence-electron chi connectivity index (χ1n) is 5.49. The molecule has 2 rings (SSSR count). The minimum absolute atomic E-state index is 0.557. The smallest absolute Gasteiger partial charge is 0.131 e. The van der Waals surface area contributed by atoms with E-state index < -0.39 is 0 Å². The van der Waals surface area contributed by atoms with Gasteiger partial charge in [-0.1, -0.05) is 6.07 Å². The fraction of sp³-hybridized carbons (Fsp3) is 0.583. The summed E-state index contributed by atoms with van der Waals surface area (Å²) in [7, 11) is 0. The summed E-state index contributed by atoms with van der Waals surface area (Å²) in [5, 5.41) is 0. The van der Waals surface area contributed by atoms with Gasteiger partial charge in [0.2, 0.25) is 0 Å². The highest BCUT2D eigenvalue weighted by Crippen LogP contribution is 2.24. The summed E-state index contributed by atoms with van der Waals surface area (Å²) in [6.45, 7) is 5.63. The van der Waals surface area contributed by atoms with Crippen molar-refractivity contribution >= 4 is 5.82 Å². The summed E-state index contributed by atoms with van der Waals surface area (Å²) >= 11 is 0. The Kier molecular flexibility index (Phi) is 2.71. The highest BCUT2D eigenvalue weighted by atomic mass is 15.2. The number of pyridine rings is 1. The maximum absolute atomic E-state index is 4.51. The quantitative estimate of drug-likeness (QED) is 0.676. The second-order valence-corrected chi connectivity index (χ2v) is 4.23. The van der Waals surface area contributed by atoms with Gasteiger partial charge < -0.3 is 4.90 Å². The molecule has 1 aromatic heterocycles. The Morgan fingerprint density at radius 3 is 3.00 bits per heavy atom. The number of hydrogen-bond acceptors (Lipinski definition) is 2. The van der Waals surface area contributed by atoms with Crippen LogP contribution in [-0.2, 0) is 6.42 Å². The molecule has 0 aliphatic carbocycles. The molecule has 0 fully saturated rings. The fourth-order valence-electron chi connectivity index (χ4n) is 2.09. The van der Waals surface area contributed by atoms with Crippen molar-refractivity contribution < 1.29 is 0 Å². The number of nitrogens with zero attached hydrogens (tertiary/aromatic N) is 2. The van der Waals surface area contributed by atoms with Gasteiger partial charge in [-0.3, -0.25) is 0 Å². The average molecular weight is 190 g/mol. The number of anilines is 1. The van der Waals surface area contributed by atoms with Crippen LogP contribution in [0.3, 0.4) is 0 Å². The minimum Gasteiger partial charge on any atom is -0.354 e. The minimum atomic E-state index is 0.557. The first kappa shape index (κ1) is 9.50. The monoisotopic (exact) mass is 190 g/mol. The third-order valence-electron chi connectivity index (χ3n) is 2.86. The van der Waals surface area contributed by atoms with Gasteiger partial charge in [0.15, 0.2) is 0 Å². The molecule has 1 aliphatic rings. The van der Waals surface area contributed by atoms with Crippen LogP contribution < -0.4 is 4.90 Å². The van der Waals surface area contributed by atoms with Gasteiger partial charge in [0.05, 0.1) is 0 Å². The van der Waals surface area contributed by atoms with Gasteiger partial charge in [0.25, 0.3) is 0 Å². The van der Waals surface area contributed by atoms with Gasteiger partial charge in [-0.05, 0) is 44.7 Å². The lowest BCUT2D eigenvalue weighted by atomic mass is 10.1. The highest BCUT2D eigenvalue weighted by molar-refractivity contribution is 5.48. The molecule has 2 heteroatoms. The zero-order valence-corrected chi connectivity index (χ0v) is 9.03. The van der Waals surface area contributed by atoms with Crippen molar-refractivity contribution in [3.05, 3.63) is 23.9 Å². The van der Waals surface area contributed by atoms with E-state index in [1.54, 1.807) is 0 Å². The summed E-state index contributed by atoms with van der Waals surface area (Å²) in [5.74, 6) is 1.21. The van der Waals surface area contributed by atoms with Gasteiger partial charge in [0, 0.05) is 18.8 Å². The zero-order valence-electron chi connectivity index (χ0n) is 9.03. The van der Waals surface area contributed by atoms with Crippen molar-refractivity contribution in [3.8, 4) is 0 Å². The van der Waals surface area contributed by atoms with Crippen molar-refractivity contribution in [3.63, 3.8) is 0 Å². The summed E-state index contributed by atoms with van der Waals surface area (Å²) in [6.07, 6.45) is 5.67. The Balaban J connectivity index is 2.37. The molecule has 0 unspecified atom stereocenters. The molecule has 76 valence electrons. The Morgan fingerprint density at radius 1 is 1.36 bits per heavy atom. The molecule has 1 aromatic rings. The molecule has 0 aromatic carbocycles. The van der Waals surface area contributed by atoms with E-state index in [1.165, 1.54) is 30.6 Å². The first-order valence-corrected chi connectivity index (χ1v) is 5.49. The van der Waals surface area contributed by atoms with Gasteiger partial charge in [-0.2, -0.15) is 0 Å². The van der Waals surface area contributed by atoms with E-state index in [9.17, 15) is 0 Å². The number of aryl methyl sites for hydroxylation is 1. The Labute approximate surface area is 86.0 Å². The Morgan fingerprint density at radius 2 is 2.21 bits per heavy atom. The van der Waals surface area contributed by atoms with E-state index in [2.05, 4.69) is 29.8 Å². The first-order chi connectivity index (χ1) is 6.79. The van der Waals surface area contributed by atoms with Crippen molar-refractivity contribution in [1.29, 1.82) is 0 Å². The van der Waals surface area contributed by atoms with Crippen molar-refractivity contribution in [2.45, 2.75) is 39.2 Å². The predicted octanol–water partition coefficient (Wildman–Crippen LogP) is 2.63. The third-order valence-corrected chi connectivity index (χ3v) is 2.86. The van der Waals surface area contributed by atoms with Crippen LogP contribution in [0.25, 0.3) is 0 Å². The molecule has 0 amide bonds. The lowest BCUT2D eigenvalue weighted by Gasteiger charge is -2.27. The standard InChI is InChI=1S/C12H18N2/c1-10(2)14-9-4-3-6-11-7-5-8-13-12(11)14/h5,7-8,10H,3-4,6,9H2,1-2H3. The topological polar surface area (TPSA) is 16.1 Å². The molecule has 0 atom stereocenters. The van der Waals surface area contributed by atoms with E-state index in [0.717, 1.165) is 6.54 Å². The van der Waals surface area contributed by atoms with E-state index in [1.807, 2.05) is 12.3 Å². The molecule has 2 nitrogen and oxygen atoms in total. The number of fused-ring (bicyclic) bond motifs is 1. The second kappa shape index (κ2) is 3.99. The Hall–Kier alpha value is -1.05. The SMILES string of the molecule is CC(C)N1CCCCc2cccnc21. The van der Waals surface area contributed by atoms with Crippen LogP contribution in [0.1, 0.15) is 32.3 Å². The van der Waals surface area contributed by atoms with E-state index in [0.29, 0.717) is 6.04 Å². The zero-order chi connectivity index (χ0) is 9.97. The molecular formula is C12H18N2. The van der Waals surface area contributed by atoms with Crippen LogP contribution in [0, 0.1) is 0 Å². The molecule has 1 aliphatic heterocycles. The Bertz CT molecular complexity index is 307. The molecular weight excluding hydrogens is 172 g/mol. The molecule has 0 saturated carbocycles. The normalized spacial score (nSPS) is 16.6. The maximum atomic E-state index is 4.51. The fourth-order valence-corrected chi connectivity index (χ4v) is 2.09. The van der Waals surface area contributed by atoms with E-state index in [4.69, 9.17) is 0 Å². The summed E-state index contributed by atoms with van der Waals surface area (Å²) in [6, 6.07) is 4.81. The van der Waals surface area contributed by atoms with E-state index in [-0.39, 0.29) is 0 Å². The van der Waals surface area contributed by atoms with Gasteiger partial charge in [-0.15, -0.1) is 0 Å². The van der Waals surface area contributed by atoms with Crippen LogP contribution in [0.2, 0.25) is 0 Å². The lowest BCUT2D eigenvalue weighted by molar-refractivity contribution is 0.647. The number of aromatic nitrogens is 1. The maximum Gasteiger partial charge on any atom is 0.131 e. The number of hydrogen-bond donors (Lipinski definition) is 0. The van der Waals surface area contributed by atoms with Crippen LogP contribution in [-0.4, -0.2) is 17.6 Å². The van der Waals surface area contributed by atoms with Crippen LogP contribution in [0.15, 0.2) is 18.3 Å². The lowest BCUT2D eigenvalue weighted by Crippen LogP contribution is -2.32. The largest absolute Gasteiger partial charge is 0.354 e. The van der Waals surface area contributed by atoms with Crippen LogP contribution in [0.4, 0.5) is 5.82 Å². The molecule has 0 saturated heterocycles. The highest BCUT2D eigenvalue weighted by Gasteiger charge is 2.17. The molecule has 0 radical (unpaired) electrons. The predicted molar refractivity (Wildman–Crippen MR) is 59.7 cm³/mol. The van der Waals surface area contributed by atoms with Crippen molar-refractivity contribution in [1.82, 2.24) is 4.98 Å². The van der Waals surface area contributed by atoms with E-state index >= 15 is 0 Å². The third kappa shape index (κ3) is 1.74. The van der Waals surface area contributed by atoms with Gasteiger partial charge >= 0.3 is 0 Å². The van der Waals surface area contributed by atoms with Gasteiger partial charge in [-0.25, -0.2) is 4.98 Å². The molecule has 0 bridgehead atoms. The molecule has 14 heavy (non-hydrogen) atoms. The van der Waals surface area contributed by atoms with Crippen LogP contribution >= 0.6 is 0 Å². The molecule has 0 spiro atoms. The molecule has 2 heterocycles. The average Bonchev–Trinajstić information content (AvgIpc) is 2.39.